The van der Waals surface area contributed by atoms with Gasteiger partial charge in [0.1, 0.15) is 5.01 Å². The number of rotatable bonds is 6. The van der Waals surface area contributed by atoms with Crippen LogP contribution in [0.3, 0.4) is 0 Å². The standard InChI is InChI=1S/C15H27N5O2S2.HI/c1-4-9-24(21,22)20-7-5-13(6-8-20)19-15(16-3)18-11-14-17-10-12(2)23-14;/h10,13H,4-9,11H2,1-3H3,(H2,16,18,19);1H. The summed E-state index contributed by atoms with van der Waals surface area (Å²) < 4.78 is 25.8. The zero-order valence-corrected chi connectivity index (χ0v) is 19.0. The molecule has 0 atom stereocenters. The average Bonchev–Trinajstić information content (AvgIpc) is 2.97. The number of nitrogens with zero attached hydrogens (tertiary/aromatic N) is 3. The lowest BCUT2D eigenvalue weighted by atomic mass is 10.1. The van der Waals surface area contributed by atoms with E-state index in [1.807, 2.05) is 20.0 Å². The third-order valence-electron chi connectivity index (χ3n) is 3.95. The Morgan fingerprint density at radius 1 is 1.44 bits per heavy atom. The normalized spacial score (nSPS) is 17.2. The van der Waals surface area contributed by atoms with Crippen LogP contribution in [0.1, 0.15) is 36.1 Å². The van der Waals surface area contributed by atoms with Crippen molar-refractivity contribution in [2.45, 2.75) is 45.7 Å². The van der Waals surface area contributed by atoms with Crippen LogP contribution in [0.15, 0.2) is 11.2 Å². The van der Waals surface area contributed by atoms with Crippen molar-refractivity contribution >= 4 is 51.3 Å². The first-order valence-electron chi connectivity index (χ1n) is 8.31. The maximum atomic E-state index is 12.1. The largest absolute Gasteiger partial charge is 0.354 e. The zero-order chi connectivity index (χ0) is 17.6. The van der Waals surface area contributed by atoms with Crippen molar-refractivity contribution in [1.82, 2.24) is 19.9 Å². The predicted molar refractivity (Wildman–Crippen MR) is 114 cm³/mol. The number of thiazole rings is 1. The number of halogens is 1. The molecule has 1 aliphatic heterocycles. The molecule has 2 rings (SSSR count). The molecule has 1 saturated heterocycles. The van der Waals surface area contributed by atoms with E-state index in [4.69, 9.17) is 0 Å². The maximum absolute atomic E-state index is 12.1. The van der Waals surface area contributed by atoms with Crippen molar-refractivity contribution in [2.24, 2.45) is 4.99 Å². The van der Waals surface area contributed by atoms with Gasteiger partial charge in [0.2, 0.25) is 10.0 Å². The Labute approximate surface area is 171 Å². The summed E-state index contributed by atoms with van der Waals surface area (Å²) in [5, 5.41) is 7.67. The van der Waals surface area contributed by atoms with Crippen LogP contribution in [0.2, 0.25) is 0 Å². The van der Waals surface area contributed by atoms with E-state index < -0.39 is 10.0 Å². The number of nitrogens with one attached hydrogen (secondary N) is 2. The van der Waals surface area contributed by atoms with Crippen molar-refractivity contribution in [1.29, 1.82) is 0 Å². The van der Waals surface area contributed by atoms with Gasteiger partial charge in [-0.15, -0.1) is 35.3 Å². The minimum atomic E-state index is -3.08. The van der Waals surface area contributed by atoms with Crippen LogP contribution in [-0.4, -0.2) is 55.6 Å². The molecule has 10 heteroatoms. The quantitative estimate of drug-likeness (QED) is 0.354. The molecule has 0 saturated carbocycles. The molecule has 1 aromatic heterocycles. The van der Waals surface area contributed by atoms with Crippen LogP contribution < -0.4 is 10.6 Å². The molecule has 1 fully saturated rings. The highest BCUT2D eigenvalue weighted by Crippen LogP contribution is 2.15. The highest BCUT2D eigenvalue weighted by molar-refractivity contribution is 14.0. The van der Waals surface area contributed by atoms with E-state index in [1.165, 1.54) is 4.88 Å². The first-order valence-corrected chi connectivity index (χ1v) is 10.7. The van der Waals surface area contributed by atoms with Crippen LogP contribution >= 0.6 is 35.3 Å². The van der Waals surface area contributed by atoms with E-state index in [0.29, 0.717) is 26.1 Å². The molecule has 0 bridgehead atoms. The molecule has 2 heterocycles. The molecule has 0 amide bonds. The Morgan fingerprint density at radius 3 is 2.64 bits per heavy atom. The molecule has 25 heavy (non-hydrogen) atoms. The summed E-state index contributed by atoms with van der Waals surface area (Å²) in [6.45, 7) is 5.72. The minimum absolute atomic E-state index is 0. The Balaban J connectivity index is 0.00000312. The molecule has 144 valence electrons. The summed E-state index contributed by atoms with van der Waals surface area (Å²) in [7, 11) is -1.34. The average molecular weight is 501 g/mol. The lowest BCUT2D eigenvalue weighted by Crippen LogP contribution is -2.49. The molecule has 0 radical (unpaired) electrons. The van der Waals surface area contributed by atoms with Gasteiger partial charge >= 0.3 is 0 Å². The Bertz CT molecular complexity index is 655. The van der Waals surface area contributed by atoms with Gasteiger partial charge in [0.25, 0.3) is 0 Å². The number of hydrogen-bond donors (Lipinski definition) is 2. The SMILES string of the molecule is CCCS(=O)(=O)N1CCC(NC(=NC)NCc2ncc(C)s2)CC1.I. The van der Waals surface area contributed by atoms with Crippen molar-refractivity contribution in [3.05, 3.63) is 16.1 Å². The lowest BCUT2D eigenvalue weighted by molar-refractivity contribution is 0.306. The van der Waals surface area contributed by atoms with Crippen LogP contribution in [0, 0.1) is 6.92 Å². The molecule has 0 aromatic carbocycles. The first-order chi connectivity index (χ1) is 11.4. The van der Waals surface area contributed by atoms with Gasteiger partial charge in [-0.2, -0.15) is 0 Å². The zero-order valence-electron chi connectivity index (χ0n) is 15.0. The van der Waals surface area contributed by atoms with Gasteiger partial charge in [-0.05, 0) is 26.2 Å². The number of aliphatic imine (C=N–C) groups is 1. The summed E-state index contributed by atoms with van der Waals surface area (Å²) in [4.78, 5) is 9.75. The van der Waals surface area contributed by atoms with Gasteiger partial charge in [-0.1, -0.05) is 6.92 Å². The topological polar surface area (TPSA) is 86.7 Å². The smallest absolute Gasteiger partial charge is 0.214 e. The van der Waals surface area contributed by atoms with Crippen molar-refractivity contribution in [2.75, 3.05) is 25.9 Å². The summed E-state index contributed by atoms with van der Waals surface area (Å²) in [6, 6.07) is 0.238. The lowest BCUT2D eigenvalue weighted by Gasteiger charge is -2.32. The number of aromatic nitrogens is 1. The fourth-order valence-electron chi connectivity index (χ4n) is 2.70. The van der Waals surface area contributed by atoms with E-state index in [0.717, 1.165) is 23.8 Å². The number of sulfonamides is 1. The molecular formula is C15H28IN5O2S2. The summed E-state index contributed by atoms with van der Waals surface area (Å²) in [5.74, 6) is 0.972. The minimum Gasteiger partial charge on any atom is -0.354 e. The second-order valence-corrected chi connectivity index (χ2v) is 9.33. The van der Waals surface area contributed by atoms with E-state index in [9.17, 15) is 8.42 Å². The van der Waals surface area contributed by atoms with Crippen molar-refractivity contribution in [3.63, 3.8) is 0 Å². The van der Waals surface area contributed by atoms with Crippen molar-refractivity contribution in [3.8, 4) is 0 Å². The summed E-state index contributed by atoms with van der Waals surface area (Å²) >= 11 is 1.66. The van der Waals surface area contributed by atoms with Gasteiger partial charge in [0, 0.05) is 37.3 Å². The van der Waals surface area contributed by atoms with E-state index in [2.05, 4.69) is 20.6 Å². The summed E-state index contributed by atoms with van der Waals surface area (Å²) in [5.41, 5.74) is 0. The van der Waals surface area contributed by atoms with Crippen LogP contribution in [0.4, 0.5) is 0 Å². The third-order valence-corrected chi connectivity index (χ3v) is 6.94. The van der Waals surface area contributed by atoms with E-state index in [-0.39, 0.29) is 35.8 Å². The van der Waals surface area contributed by atoms with Crippen LogP contribution in [-0.2, 0) is 16.6 Å². The van der Waals surface area contributed by atoms with Gasteiger partial charge in [-0.3, -0.25) is 4.99 Å². The van der Waals surface area contributed by atoms with Crippen LogP contribution in [0.5, 0.6) is 0 Å². The monoisotopic (exact) mass is 501 g/mol. The third kappa shape index (κ3) is 6.99. The molecule has 0 aliphatic carbocycles. The number of aryl methyl sites for hydroxylation is 1. The number of hydrogen-bond acceptors (Lipinski definition) is 5. The molecule has 1 aromatic rings. The molecule has 0 unspecified atom stereocenters. The molecule has 0 spiro atoms. The van der Waals surface area contributed by atoms with E-state index in [1.54, 1.807) is 22.7 Å². The molecule has 1 aliphatic rings. The van der Waals surface area contributed by atoms with Gasteiger partial charge in [-0.25, -0.2) is 17.7 Å². The first kappa shape index (κ1) is 22.6. The fourth-order valence-corrected chi connectivity index (χ4v) is 4.96. The second-order valence-electron chi connectivity index (χ2n) is 5.92. The Kier molecular flexibility index (Phi) is 9.60. The fraction of sp³-hybridized carbons (Fsp3) is 0.733. The predicted octanol–water partition coefficient (Wildman–Crippen LogP) is 1.94. The van der Waals surface area contributed by atoms with Gasteiger partial charge < -0.3 is 10.6 Å². The molecule has 7 nitrogen and oxygen atoms in total. The maximum Gasteiger partial charge on any atom is 0.214 e. The Morgan fingerprint density at radius 2 is 2.12 bits per heavy atom. The summed E-state index contributed by atoms with van der Waals surface area (Å²) in [6.07, 6.45) is 4.11. The highest BCUT2D eigenvalue weighted by atomic mass is 127. The van der Waals surface area contributed by atoms with Gasteiger partial charge in [0.15, 0.2) is 5.96 Å². The Hall–Kier alpha value is -0.460. The highest BCUT2D eigenvalue weighted by Gasteiger charge is 2.27. The van der Waals surface area contributed by atoms with E-state index >= 15 is 0 Å². The van der Waals surface area contributed by atoms with Crippen LogP contribution in [0.25, 0.3) is 0 Å². The molecule has 2 N–H and O–H groups in total. The van der Waals surface area contributed by atoms with Crippen molar-refractivity contribution < 1.29 is 8.42 Å². The second kappa shape index (κ2) is 10.6. The molecular weight excluding hydrogens is 473 g/mol. The van der Waals surface area contributed by atoms with Gasteiger partial charge in [0.05, 0.1) is 12.3 Å². The number of piperidine rings is 1. The number of guanidine groups is 1.